The highest BCUT2D eigenvalue weighted by atomic mass is 32.2. The van der Waals surface area contributed by atoms with Crippen LogP contribution in [0.2, 0.25) is 0 Å². The molecule has 0 saturated heterocycles. The molecule has 0 N–H and O–H groups in total. The lowest BCUT2D eigenvalue weighted by Gasteiger charge is -2.24. The van der Waals surface area contributed by atoms with E-state index in [0.29, 0.717) is 6.42 Å². The lowest BCUT2D eigenvalue weighted by atomic mass is 9.86. The predicted octanol–water partition coefficient (Wildman–Crippen LogP) is 2.21. The molecule has 1 aromatic rings. The summed E-state index contributed by atoms with van der Waals surface area (Å²) in [6.07, 6.45) is 1.77. The first-order valence-corrected chi connectivity index (χ1v) is 8.11. The first kappa shape index (κ1) is 14.9. The fourth-order valence-electron chi connectivity index (χ4n) is 2.81. The Hall–Kier alpha value is -1.47. The molecule has 1 unspecified atom stereocenters. The number of fused-ring (bicyclic) bond motifs is 1. The molecule has 0 fully saturated rings. The molecule has 0 spiro atoms. The summed E-state index contributed by atoms with van der Waals surface area (Å²) in [7, 11) is -1.83. The maximum Gasteiger partial charge on any atom is 0.269 e. The third-order valence-corrected chi connectivity index (χ3v) is 5.30. The summed E-state index contributed by atoms with van der Waals surface area (Å²) in [5.74, 6) is 0. The molecule has 2 rings (SSSR count). The summed E-state index contributed by atoms with van der Waals surface area (Å²) in [5.41, 5.74) is 1.50. The van der Waals surface area contributed by atoms with Crippen molar-refractivity contribution in [3.8, 4) is 0 Å². The van der Waals surface area contributed by atoms with Crippen molar-refractivity contribution in [3.05, 3.63) is 39.4 Å². The van der Waals surface area contributed by atoms with Crippen molar-refractivity contribution in [1.29, 1.82) is 0 Å². The van der Waals surface area contributed by atoms with Crippen molar-refractivity contribution in [3.63, 3.8) is 0 Å². The van der Waals surface area contributed by atoms with E-state index in [-0.39, 0.29) is 17.1 Å². The minimum absolute atomic E-state index is 0.00616. The standard InChI is InChI=1S/C13H18N2O4S/c1-13(2)8-12(14(3)20(4,18)19)10-7-9(15(16)17)5-6-11(10)13/h5-7,12H,8H2,1-4H3. The Bertz CT molecular complexity index is 667. The van der Waals surface area contributed by atoms with Gasteiger partial charge in [0.05, 0.1) is 17.2 Å². The van der Waals surface area contributed by atoms with Gasteiger partial charge in [0.2, 0.25) is 10.0 Å². The number of nitrogens with zero attached hydrogens (tertiary/aromatic N) is 2. The van der Waals surface area contributed by atoms with Crippen molar-refractivity contribution in [2.24, 2.45) is 0 Å². The second-order valence-corrected chi connectivity index (χ2v) is 7.95. The molecule has 0 aromatic heterocycles. The van der Waals surface area contributed by atoms with Gasteiger partial charge in [0.25, 0.3) is 5.69 Å². The molecule has 1 aromatic carbocycles. The number of nitro groups is 1. The average molecular weight is 298 g/mol. The maximum atomic E-state index is 11.7. The van der Waals surface area contributed by atoms with Crippen molar-refractivity contribution in [2.75, 3.05) is 13.3 Å². The smallest absolute Gasteiger partial charge is 0.258 e. The van der Waals surface area contributed by atoms with E-state index in [1.165, 1.54) is 23.5 Å². The fraction of sp³-hybridized carbons (Fsp3) is 0.538. The zero-order chi connectivity index (χ0) is 15.3. The van der Waals surface area contributed by atoms with Crippen LogP contribution in [0.4, 0.5) is 5.69 Å². The fourth-order valence-corrected chi connectivity index (χ4v) is 3.46. The van der Waals surface area contributed by atoms with Gasteiger partial charge in [-0.05, 0) is 23.0 Å². The molecule has 0 bridgehead atoms. The number of rotatable bonds is 3. The minimum Gasteiger partial charge on any atom is -0.258 e. The van der Waals surface area contributed by atoms with E-state index in [0.717, 1.165) is 17.4 Å². The van der Waals surface area contributed by atoms with Gasteiger partial charge in [0.15, 0.2) is 0 Å². The van der Waals surface area contributed by atoms with E-state index in [9.17, 15) is 18.5 Å². The van der Waals surface area contributed by atoms with Gasteiger partial charge in [-0.15, -0.1) is 0 Å². The zero-order valence-electron chi connectivity index (χ0n) is 12.0. The van der Waals surface area contributed by atoms with E-state index >= 15 is 0 Å². The molecule has 1 aliphatic carbocycles. The third kappa shape index (κ3) is 2.43. The van der Waals surface area contributed by atoms with Crippen molar-refractivity contribution >= 4 is 15.7 Å². The van der Waals surface area contributed by atoms with Crippen molar-refractivity contribution in [2.45, 2.75) is 31.7 Å². The molecule has 1 atom stereocenters. The molecule has 110 valence electrons. The monoisotopic (exact) mass is 298 g/mol. The van der Waals surface area contributed by atoms with Crippen molar-refractivity contribution < 1.29 is 13.3 Å². The Labute approximate surface area is 118 Å². The topological polar surface area (TPSA) is 80.5 Å². The number of sulfonamides is 1. The van der Waals surface area contributed by atoms with Crippen molar-refractivity contribution in [1.82, 2.24) is 4.31 Å². The number of hydrogen-bond donors (Lipinski definition) is 0. The lowest BCUT2D eigenvalue weighted by Crippen LogP contribution is -2.30. The summed E-state index contributed by atoms with van der Waals surface area (Å²) >= 11 is 0. The van der Waals surface area contributed by atoms with Gasteiger partial charge in [-0.3, -0.25) is 10.1 Å². The molecule has 7 heteroatoms. The van der Waals surface area contributed by atoms with E-state index < -0.39 is 14.9 Å². The van der Waals surface area contributed by atoms with Gasteiger partial charge in [-0.2, -0.15) is 4.31 Å². The summed E-state index contributed by atoms with van der Waals surface area (Å²) in [6, 6.07) is 4.36. The van der Waals surface area contributed by atoms with Crippen LogP contribution in [-0.4, -0.2) is 30.9 Å². The van der Waals surface area contributed by atoms with Gasteiger partial charge >= 0.3 is 0 Å². The van der Waals surface area contributed by atoms with Crippen LogP contribution in [0.1, 0.15) is 37.4 Å². The number of nitro benzene ring substituents is 1. The first-order valence-electron chi connectivity index (χ1n) is 6.26. The summed E-state index contributed by atoms with van der Waals surface area (Å²) in [6.45, 7) is 4.04. The average Bonchev–Trinajstić information content (AvgIpc) is 2.59. The van der Waals surface area contributed by atoms with Crippen LogP contribution in [0.3, 0.4) is 0 Å². The van der Waals surface area contributed by atoms with Crippen LogP contribution in [0.25, 0.3) is 0 Å². The highest BCUT2D eigenvalue weighted by molar-refractivity contribution is 7.88. The summed E-state index contributed by atoms with van der Waals surface area (Å²) in [4.78, 5) is 10.5. The van der Waals surface area contributed by atoms with Crippen LogP contribution in [-0.2, 0) is 15.4 Å². The highest BCUT2D eigenvalue weighted by Gasteiger charge is 2.41. The first-order chi connectivity index (χ1) is 9.04. The van der Waals surface area contributed by atoms with Gasteiger partial charge in [0.1, 0.15) is 0 Å². The zero-order valence-corrected chi connectivity index (χ0v) is 12.8. The molecule has 0 aliphatic heterocycles. The van der Waals surface area contributed by atoms with Gasteiger partial charge in [0, 0.05) is 19.2 Å². The van der Waals surface area contributed by atoms with Crippen LogP contribution < -0.4 is 0 Å². The van der Waals surface area contributed by atoms with Crippen LogP contribution in [0.15, 0.2) is 18.2 Å². The highest BCUT2D eigenvalue weighted by Crippen LogP contribution is 2.48. The van der Waals surface area contributed by atoms with E-state index in [1.807, 2.05) is 13.8 Å². The van der Waals surface area contributed by atoms with Crippen LogP contribution >= 0.6 is 0 Å². The van der Waals surface area contributed by atoms with Gasteiger partial charge in [-0.25, -0.2) is 8.42 Å². The number of benzene rings is 1. The molecule has 20 heavy (non-hydrogen) atoms. The second kappa shape index (κ2) is 4.53. The molecular weight excluding hydrogens is 280 g/mol. The Morgan fingerprint density at radius 1 is 1.40 bits per heavy atom. The minimum atomic E-state index is -3.35. The Morgan fingerprint density at radius 2 is 2.00 bits per heavy atom. The maximum absolute atomic E-state index is 11.7. The SMILES string of the molecule is CN(C1CC(C)(C)c2ccc([N+](=O)[O-])cc21)S(C)(=O)=O. The van der Waals surface area contributed by atoms with E-state index in [2.05, 4.69) is 0 Å². The lowest BCUT2D eigenvalue weighted by molar-refractivity contribution is -0.384. The summed E-state index contributed by atoms with van der Waals surface area (Å²) in [5, 5.41) is 10.9. The normalized spacial score (nSPS) is 20.9. The van der Waals surface area contributed by atoms with Crippen LogP contribution in [0.5, 0.6) is 0 Å². The molecule has 0 radical (unpaired) electrons. The van der Waals surface area contributed by atoms with E-state index in [4.69, 9.17) is 0 Å². The predicted molar refractivity (Wildman–Crippen MR) is 76.1 cm³/mol. The molecule has 0 amide bonds. The van der Waals surface area contributed by atoms with Gasteiger partial charge in [-0.1, -0.05) is 19.9 Å². The van der Waals surface area contributed by atoms with E-state index in [1.54, 1.807) is 6.07 Å². The molecule has 0 heterocycles. The van der Waals surface area contributed by atoms with Gasteiger partial charge < -0.3 is 0 Å². The molecular formula is C13H18N2O4S. The molecule has 6 nitrogen and oxygen atoms in total. The summed E-state index contributed by atoms with van der Waals surface area (Å²) < 4.78 is 24.8. The molecule has 0 saturated carbocycles. The van der Waals surface area contributed by atoms with Crippen LogP contribution in [0, 0.1) is 10.1 Å². The Morgan fingerprint density at radius 3 is 2.50 bits per heavy atom. The third-order valence-electron chi connectivity index (χ3n) is 4.00. The number of hydrogen-bond acceptors (Lipinski definition) is 4. The Kier molecular flexibility index (Phi) is 3.38. The number of non-ortho nitro benzene ring substituents is 1. The Balaban J connectivity index is 2.58. The second-order valence-electron chi connectivity index (χ2n) is 5.91. The molecule has 1 aliphatic rings. The largest absolute Gasteiger partial charge is 0.269 e. The quantitative estimate of drug-likeness (QED) is 0.633.